The number of nitrogens with two attached hydrogens (primary N) is 1. The lowest BCUT2D eigenvalue weighted by Crippen LogP contribution is -2.40. The lowest BCUT2D eigenvalue weighted by atomic mass is 9.93. The smallest absolute Gasteiger partial charge is 0.328 e. The van der Waals surface area contributed by atoms with Crippen LogP contribution in [0.1, 0.15) is 26.2 Å². The zero-order chi connectivity index (χ0) is 14.8. The van der Waals surface area contributed by atoms with Gasteiger partial charge in [-0.05, 0) is 44.8 Å². The Kier molecular flexibility index (Phi) is 4.56. The number of likely N-dealkylation sites (tertiary alicyclic amines) is 1. The molecule has 2 aliphatic rings. The van der Waals surface area contributed by atoms with Crippen LogP contribution >= 0.6 is 0 Å². The number of alkyl halides is 3. The molecular weight excluding hydrogens is 269 g/mol. The van der Waals surface area contributed by atoms with E-state index in [0.29, 0.717) is 0 Å². The van der Waals surface area contributed by atoms with Gasteiger partial charge in [0.2, 0.25) is 0 Å². The summed E-state index contributed by atoms with van der Waals surface area (Å²) in [6.07, 6.45) is 2.67. The molecule has 0 saturated carbocycles. The highest BCUT2D eigenvalue weighted by molar-refractivity contribution is 5.28. The Balaban J connectivity index is 1.85. The average Bonchev–Trinajstić information content (AvgIpc) is 2.33. The molecule has 1 saturated heterocycles. The normalized spacial score (nSPS) is 29.6. The maximum absolute atomic E-state index is 12.3. The van der Waals surface area contributed by atoms with E-state index in [1.165, 1.54) is 13.0 Å². The molecule has 0 aromatic carbocycles. The predicted octanol–water partition coefficient (Wildman–Crippen LogP) is 2.59. The van der Waals surface area contributed by atoms with E-state index in [-0.39, 0.29) is 12.5 Å². The third-order valence-corrected chi connectivity index (χ3v) is 3.81. The molecule has 3 nitrogen and oxygen atoms in total. The van der Waals surface area contributed by atoms with Crippen molar-refractivity contribution >= 4 is 0 Å². The number of ether oxygens (including phenoxy) is 1. The van der Waals surface area contributed by atoms with E-state index < -0.39 is 12.0 Å². The van der Waals surface area contributed by atoms with Crippen molar-refractivity contribution in [3.8, 4) is 0 Å². The number of hydrogen-bond donors (Lipinski definition) is 1. The molecule has 20 heavy (non-hydrogen) atoms. The van der Waals surface area contributed by atoms with Crippen molar-refractivity contribution in [3.05, 3.63) is 23.8 Å². The fourth-order valence-electron chi connectivity index (χ4n) is 2.58. The van der Waals surface area contributed by atoms with Gasteiger partial charge in [-0.1, -0.05) is 18.2 Å². The molecule has 1 fully saturated rings. The maximum Gasteiger partial charge on any atom is 0.523 e. The van der Waals surface area contributed by atoms with Gasteiger partial charge in [-0.2, -0.15) is 0 Å². The van der Waals surface area contributed by atoms with Crippen LogP contribution in [0.4, 0.5) is 13.2 Å². The molecule has 114 valence electrons. The van der Waals surface area contributed by atoms with Crippen molar-refractivity contribution in [3.63, 3.8) is 0 Å². The van der Waals surface area contributed by atoms with Gasteiger partial charge in [0, 0.05) is 12.6 Å². The number of nitrogens with zero attached hydrogens (tertiary/aromatic N) is 1. The van der Waals surface area contributed by atoms with Gasteiger partial charge in [0.25, 0.3) is 0 Å². The second-order valence-corrected chi connectivity index (χ2v) is 5.79. The second kappa shape index (κ2) is 5.87. The molecule has 6 heteroatoms. The van der Waals surface area contributed by atoms with Crippen LogP contribution < -0.4 is 5.73 Å². The molecule has 1 unspecified atom stereocenters. The van der Waals surface area contributed by atoms with Crippen LogP contribution in [0.3, 0.4) is 0 Å². The zero-order valence-electron chi connectivity index (χ0n) is 11.6. The number of hydrogen-bond acceptors (Lipinski definition) is 3. The summed E-state index contributed by atoms with van der Waals surface area (Å²) in [5, 5.41) is 0. The molecule has 1 aliphatic heterocycles. The molecule has 0 spiro atoms. The molecule has 0 aromatic rings. The Morgan fingerprint density at radius 2 is 2.05 bits per heavy atom. The van der Waals surface area contributed by atoms with Gasteiger partial charge in [-0.15, -0.1) is 13.2 Å². The van der Waals surface area contributed by atoms with E-state index >= 15 is 0 Å². The molecule has 2 rings (SSSR count). The van der Waals surface area contributed by atoms with Crippen LogP contribution in [0.5, 0.6) is 0 Å². The standard InChI is InChI=1S/C14H21F3N2O/c1-13(20-14(15,16)17)6-2-11(3-7-13)10-19-8-4-12(18)5-9-19/h2-3,6,12H,4-5,7-10,18H2,1H3. The monoisotopic (exact) mass is 290 g/mol. The van der Waals surface area contributed by atoms with Gasteiger partial charge in [0.05, 0.1) is 5.60 Å². The van der Waals surface area contributed by atoms with Gasteiger partial charge in [0.1, 0.15) is 0 Å². The summed E-state index contributed by atoms with van der Waals surface area (Å²) in [7, 11) is 0. The van der Waals surface area contributed by atoms with Crippen molar-refractivity contribution < 1.29 is 17.9 Å². The van der Waals surface area contributed by atoms with Crippen molar-refractivity contribution in [1.82, 2.24) is 4.90 Å². The van der Waals surface area contributed by atoms with Gasteiger partial charge in [0.15, 0.2) is 0 Å². The van der Waals surface area contributed by atoms with Crippen LogP contribution in [-0.4, -0.2) is 42.5 Å². The van der Waals surface area contributed by atoms with Crippen LogP contribution in [0.2, 0.25) is 0 Å². The average molecular weight is 290 g/mol. The van der Waals surface area contributed by atoms with Crippen molar-refractivity contribution in [2.24, 2.45) is 5.73 Å². The van der Waals surface area contributed by atoms with Crippen LogP contribution in [0.15, 0.2) is 23.8 Å². The molecule has 0 radical (unpaired) electrons. The molecular formula is C14H21F3N2O. The minimum atomic E-state index is -4.60. The quantitative estimate of drug-likeness (QED) is 0.868. The second-order valence-electron chi connectivity index (χ2n) is 5.79. The van der Waals surface area contributed by atoms with E-state index in [1.54, 1.807) is 6.08 Å². The summed E-state index contributed by atoms with van der Waals surface area (Å²) < 4.78 is 41.0. The molecule has 0 amide bonds. The summed E-state index contributed by atoms with van der Waals surface area (Å²) in [5.74, 6) is 0. The summed E-state index contributed by atoms with van der Waals surface area (Å²) >= 11 is 0. The lowest BCUT2D eigenvalue weighted by molar-refractivity contribution is -0.355. The van der Waals surface area contributed by atoms with E-state index in [2.05, 4.69) is 9.64 Å². The summed E-state index contributed by atoms with van der Waals surface area (Å²) in [4.78, 5) is 2.28. The first-order valence-electron chi connectivity index (χ1n) is 6.89. The third-order valence-electron chi connectivity index (χ3n) is 3.81. The predicted molar refractivity (Wildman–Crippen MR) is 71.0 cm³/mol. The molecule has 2 N–H and O–H groups in total. The largest absolute Gasteiger partial charge is 0.523 e. The Morgan fingerprint density at radius 3 is 2.55 bits per heavy atom. The SMILES string of the molecule is CC1(OC(F)(F)F)C=CC(CN2CCC(N)CC2)=CC1. The van der Waals surface area contributed by atoms with Crippen LogP contribution in [0, 0.1) is 0 Å². The van der Waals surface area contributed by atoms with Crippen LogP contribution in [0.25, 0.3) is 0 Å². The number of piperidine rings is 1. The Hall–Kier alpha value is -0.850. The van der Waals surface area contributed by atoms with Gasteiger partial charge in [-0.3, -0.25) is 9.64 Å². The molecule has 1 aliphatic carbocycles. The topological polar surface area (TPSA) is 38.5 Å². The van der Waals surface area contributed by atoms with Gasteiger partial charge in [-0.25, -0.2) is 0 Å². The molecule has 0 aromatic heterocycles. The maximum atomic E-state index is 12.3. The molecule has 1 heterocycles. The van der Waals surface area contributed by atoms with E-state index in [0.717, 1.165) is 38.0 Å². The lowest BCUT2D eigenvalue weighted by Gasteiger charge is -2.33. The van der Waals surface area contributed by atoms with Crippen molar-refractivity contribution in [2.45, 2.75) is 44.2 Å². The fraction of sp³-hybridized carbons (Fsp3) is 0.714. The summed E-state index contributed by atoms with van der Waals surface area (Å²) in [5.41, 5.74) is 5.61. The van der Waals surface area contributed by atoms with E-state index in [1.807, 2.05) is 6.08 Å². The van der Waals surface area contributed by atoms with Gasteiger partial charge < -0.3 is 5.73 Å². The first-order valence-corrected chi connectivity index (χ1v) is 6.89. The highest BCUT2D eigenvalue weighted by Crippen LogP contribution is 2.32. The molecule has 0 bridgehead atoms. The third kappa shape index (κ3) is 4.61. The molecule has 1 atom stereocenters. The fourth-order valence-corrected chi connectivity index (χ4v) is 2.58. The van der Waals surface area contributed by atoms with E-state index in [9.17, 15) is 13.2 Å². The first kappa shape index (κ1) is 15.5. The Morgan fingerprint density at radius 1 is 1.40 bits per heavy atom. The number of halogens is 3. The first-order chi connectivity index (χ1) is 9.26. The highest BCUT2D eigenvalue weighted by Gasteiger charge is 2.39. The summed E-state index contributed by atoms with van der Waals surface area (Å²) in [6, 6.07) is 0.283. The summed E-state index contributed by atoms with van der Waals surface area (Å²) in [6.45, 7) is 4.11. The van der Waals surface area contributed by atoms with E-state index in [4.69, 9.17) is 5.73 Å². The highest BCUT2D eigenvalue weighted by atomic mass is 19.4. The minimum Gasteiger partial charge on any atom is -0.328 e. The van der Waals surface area contributed by atoms with Crippen molar-refractivity contribution in [1.29, 1.82) is 0 Å². The zero-order valence-corrected chi connectivity index (χ0v) is 11.6. The Labute approximate surface area is 117 Å². The number of rotatable bonds is 3. The minimum absolute atomic E-state index is 0.242. The van der Waals surface area contributed by atoms with Gasteiger partial charge >= 0.3 is 6.36 Å². The van der Waals surface area contributed by atoms with Crippen molar-refractivity contribution in [2.75, 3.05) is 19.6 Å². The Bertz CT molecular complexity index is 398. The van der Waals surface area contributed by atoms with Crippen LogP contribution in [-0.2, 0) is 4.74 Å².